The van der Waals surface area contributed by atoms with Gasteiger partial charge in [-0.15, -0.1) is 0 Å². The maximum Gasteiger partial charge on any atom is 0.416 e. The molecule has 1 saturated carbocycles. The molecule has 0 saturated heterocycles. The summed E-state index contributed by atoms with van der Waals surface area (Å²) in [5.41, 5.74) is -0.176. The van der Waals surface area contributed by atoms with Gasteiger partial charge in [0.1, 0.15) is 0 Å². The molecule has 122 valence electrons. The van der Waals surface area contributed by atoms with E-state index in [0.717, 1.165) is 17.0 Å². The zero-order valence-corrected chi connectivity index (χ0v) is 12.0. The van der Waals surface area contributed by atoms with Gasteiger partial charge in [-0.25, -0.2) is 4.79 Å². The van der Waals surface area contributed by atoms with Gasteiger partial charge in [0.25, 0.3) is 0 Å². The maximum atomic E-state index is 12.8. The summed E-state index contributed by atoms with van der Waals surface area (Å²) in [7, 11) is 1.37. The monoisotopic (exact) mass is 317 g/mol. The van der Waals surface area contributed by atoms with Crippen LogP contribution in [0, 0.1) is 0 Å². The SMILES string of the molecule is CN(C(=O)O)[C@H]1C[C@@H](c2cccc(C(F)(F)F)c2)CC[C@@H]1O. The molecule has 1 aliphatic carbocycles. The Balaban J connectivity index is 2.21. The van der Waals surface area contributed by atoms with E-state index in [1.54, 1.807) is 6.07 Å². The summed E-state index contributed by atoms with van der Waals surface area (Å²) in [5.74, 6) is -0.197. The number of benzene rings is 1. The quantitative estimate of drug-likeness (QED) is 0.880. The van der Waals surface area contributed by atoms with Gasteiger partial charge in [-0.2, -0.15) is 13.2 Å². The number of carbonyl (C=O) groups is 1. The van der Waals surface area contributed by atoms with Gasteiger partial charge in [-0.3, -0.25) is 0 Å². The topological polar surface area (TPSA) is 60.8 Å². The molecule has 2 N–H and O–H groups in total. The fraction of sp³-hybridized carbons (Fsp3) is 0.533. The smallest absolute Gasteiger partial charge is 0.416 e. The number of rotatable bonds is 2. The number of halogens is 3. The first-order chi connectivity index (χ1) is 10.2. The van der Waals surface area contributed by atoms with Crippen molar-refractivity contribution in [1.29, 1.82) is 0 Å². The average Bonchev–Trinajstić information content (AvgIpc) is 2.46. The predicted octanol–water partition coefficient (Wildman–Crippen LogP) is 3.31. The minimum atomic E-state index is -4.40. The lowest BCUT2D eigenvalue weighted by molar-refractivity contribution is -0.137. The Hall–Kier alpha value is -1.76. The lowest BCUT2D eigenvalue weighted by Gasteiger charge is -2.37. The van der Waals surface area contributed by atoms with Gasteiger partial charge in [0.15, 0.2) is 0 Å². The number of aliphatic hydroxyl groups is 1. The van der Waals surface area contributed by atoms with E-state index in [1.807, 2.05) is 0 Å². The molecule has 2 rings (SSSR count). The summed E-state index contributed by atoms with van der Waals surface area (Å²) in [6, 6.07) is 4.50. The molecule has 3 atom stereocenters. The lowest BCUT2D eigenvalue weighted by atomic mass is 9.79. The van der Waals surface area contributed by atoms with Crippen LogP contribution in [0.5, 0.6) is 0 Å². The summed E-state index contributed by atoms with van der Waals surface area (Å²) < 4.78 is 38.3. The zero-order chi connectivity index (χ0) is 16.5. The van der Waals surface area contributed by atoms with Gasteiger partial charge in [-0.1, -0.05) is 18.2 Å². The molecule has 22 heavy (non-hydrogen) atoms. The van der Waals surface area contributed by atoms with E-state index in [9.17, 15) is 23.1 Å². The third kappa shape index (κ3) is 3.52. The largest absolute Gasteiger partial charge is 0.465 e. The van der Waals surface area contributed by atoms with E-state index < -0.39 is 30.0 Å². The van der Waals surface area contributed by atoms with Gasteiger partial charge in [0.05, 0.1) is 17.7 Å². The second-order valence-corrected chi connectivity index (χ2v) is 5.66. The number of nitrogens with zero attached hydrogens (tertiary/aromatic N) is 1. The van der Waals surface area contributed by atoms with E-state index in [0.29, 0.717) is 24.8 Å². The first-order valence-electron chi connectivity index (χ1n) is 7.01. The van der Waals surface area contributed by atoms with Crippen LogP contribution in [0.15, 0.2) is 24.3 Å². The Kier molecular flexibility index (Phi) is 4.65. The summed E-state index contributed by atoms with van der Waals surface area (Å²) in [5, 5.41) is 19.0. The van der Waals surface area contributed by atoms with E-state index in [4.69, 9.17) is 5.11 Å². The second kappa shape index (κ2) is 6.16. The van der Waals surface area contributed by atoms with Crippen molar-refractivity contribution >= 4 is 6.09 Å². The molecule has 0 radical (unpaired) electrons. The van der Waals surface area contributed by atoms with Gasteiger partial charge < -0.3 is 15.1 Å². The van der Waals surface area contributed by atoms with Crippen molar-refractivity contribution in [2.24, 2.45) is 0 Å². The fourth-order valence-electron chi connectivity index (χ4n) is 2.96. The van der Waals surface area contributed by atoms with E-state index in [1.165, 1.54) is 13.1 Å². The molecule has 0 spiro atoms. The third-order valence-corrected chi connectivity index (χ3v) is 4.27. The number of carboxylic acid groups (broad SMARTS) is 1. The van der Waals surface area contributed by atoms with E-state index in [-0.39, 0.29) is 5.92 Å². The molecule has 7 heteroatoms. The number of amides is 1. The summed E-state index contributed by atoms with van der Waals surface area (Å²) in [6.07, 6.45) is -5.14. The molecule has 1 aromatic rings. The fourth-order valence-corrected chi connectivity index (χ4v) is 2.96. The van der Waals surface area contributed by atoms with Gasteiger partial charge in [-0.05, 0) is 36.8 Å². The van der Waals surface area contributed by atoms with Crippen LogP contribution in [0.25, 0.3) is 0 Å². The Bertz CT molecular complexity index is 547. The first kappa shape index (κ1) is 16.6. The molecule has 0 aliphatic heterocycles. The Morgan fingerprint density at radius 1 is 1.32 bits per heavy atom. The molecule has 1 amide bonds. The standard InChI is InChI=1S/C15H18F3NO3/c1-19(14(21)22)12-8-10(5-6-13(12)20)9-3-2-4-11(7-9)15(16,17)18/h2-4,7,10,12-13,20H,5-6,8H2,1H3,(H,21,22)/t10-,12-,13-/m0/s1. The summed E-state index contributed by atoms with van der Waals surface area (Å²) in [4.78, 5) is 12.1. The molecular formula is C15H18F3NO3. The summed E-state index contributed by atoms with van der Waals surface area (Å²) >= 11 is 0. The molecule has 1 fully saturated rings. The predicted molar refractivity (Wildman–Crippen MR) is 73.6 cm³/mol. The van der Waals surface area contributed by atoms with Crippen molar-refractivity contribution in [3.63, 3.8) is 0 Å². The van der Waals surface area contributed by atoms with Crippen LogP contribution in [-0.4, -0.2) is 40.4 Å². The van der Waals surface area contributed by atoms with Crippen molar-refractivity contribution in [2.75, 3.05) is 7.05 Å². The van der Waals surface area contributed by atoms with E-state index in [2.05, 4.69) is 0 Å². The average molecular weight is 317 g/mol. The minimum Gasteiger partial charge on any atom is -0.465 e. The van der Waals surface area contributed by atoms with Crippen LogP contribution in [0.2, 0.25) is 0 Å². The molecular weight excluding hydrogens is 299 g/mol. The second-order valence-electron chi connectivity index (χ2n) is 5.66. The van der Waals surface area contributed by atoms with Gasteiger partial charge in [0.2, 0.25) is 0 Å². The number of aliphatic hydroxyl groups excluding tert-OH is 1. The molecule has 0 bridgehead atoms. The van der Waals surface area contributed by atoms with Crippen molar-refractivity contribution in [3.05, 3.63) is 35.4 Å². The highest BCUT2D eigenvalue weighted by Gasteiger charge is 2.36. The number of alkyl halides is 3. The molecule has 4 nitrogen and oxygen atoms in total. The highest BCUT2D eigenvalue weighted by molar-refractivity contribution is 5.65. The molecule has 0 aromatic heterocycles. The summed E-state index contributed by atoms with van der Waals surface area (Å²) in [6.45, 7) is 0. The lowest BCUT2D eigenvalue weighted by Crippen LogP contribution is -2.47. The Morgan fingerprint density at radius 3 is 2.59 bits per heavy atom. The van der Waals surface area contributed by atoms with E-state index >= 15 is 0 Å². The number of likely N-dealkylation sites (N-methyl/N-ethyl adjacent to an activating group) is 1. The highest BCUT2D eigenvalue weighted by Crippen LogP contribution is 2.37. The number of hydrogen-bond acceptors (Lipinski definition) is 2. The van der Waals surface area contributed by atoms with Gasteiger partial charge >= 0.3 is 12.3 Å². The van der Waals surface area contributed by atoms with Crippen molar-refractivity contribution in [2.45, 2.75) is 43.5 Å². The van der Waals surface area contributed by atoms with Gasteiger partial charge in [0, 0.05) is 7.05 Å². The van der Waals surface area contributed by atoms with Crippen molar-refractivity contribution in [3.8, 4) is 0 Å². The number of hydrogen-bond donors (Lipinski definition) is 2. The van der Waals surface area contributed by atoms with Crippen LogP contribution in [0.3, 0.4) is 0 Å². The van der Waals surface area contributed by atoms with Crippen molar-refractivity contribution < 1.29 is 28.2 Å². The molecule has 0 heterocycles. The first-order valence-corrected chi connectivity index (χ1v) is 7.01. The maximum absolute atomic E-state index is 12.8. The van der Waals surface area contributed by atoms with Crippen LogP contribution in [0.1, 0.15) is 36.3 Å². The normalized spacial score (nSPS) is 25.8. The van der Waals surface area contributed by atoms with Crippen LogP contribution in [0.4, 0.5) is 18.0 Å². The minimum absolute atomic E-state index is 0.197. The van der Waals surface area contributed by atoms with Crippen molar-refractivity contribution in [1.82, 2.24) is 4.90 Å². The third-order valence-electron chi connectivity index (χ3n) is 4.27. The molecule has 0 unspecified atom stereocenters. The Morgan fingerprint density at radius 2 is 2.00 bits per heavy atom. The zero-order valence-electron chi connectivity index (χ0n) is 12.0. The van der Waals surface area contributed by atoms with Crippen LogP contribution < -0.4 is 0 Å². The molecule has 1 aliphatic rings. The van der Waals surface area contributed by atoms with Crippen LogP contribution >= 0.6 is 0 Å². The Labute approximate surface area is 126 Å². The highest BCUT2D eigenvalue weighted by atomic mass is 19.4. The molecule has 1 aromatic carbocycles. The van der Waals surface area contributed by atoms with Crippen LogP contribution in [-0.2, 0) is 6.18 Å².